The first kappa shape index (κ1) is 14.4. The van der Waals surface area contributed by atoms with Crippen LogP contribution in [0.1, 0.15) is 38.2 Å². The van der Waals surface area contributed by atoms with E-state index in [0.717, 1.165) is 31.5 Å². The highest BCUT2D eigenvalue weighted by molar-refractivity contribution is 6.30. The number of carboxylic acid groups (broad SMARTS) is 1. The van der Waals surface area contributed by atoms with Crippen LogP contribution in [0.25, 0.3) is 0 Å². The summed E-state index contributed by atoms with van der Waals surface area (Å²) in [4.78, 5) is 13.9. The van der Waals surface area contributed by atoms with Gasteiger partial charge in [0, 0.05) is 5.02 Å². The van der Waals surface area contributed by atoms with Gasteiger partial charge in [0.05, 0.1) is 0 Å². The number of nitrogens with zero attached hydrogens (tertiary/aromatic N) is 1. The monoisotopic (exact) mass is 281 g/mol. The lowest BCUT2D eigenvalue weighted by atomic mass is 9.89. The second-order valence-corrected chi connectivity index (χ2v) is 5.72. The Morgan fingerprint density at radius 3 is 2.16 bits per heavy atom. The largest absolute Gasteiger partial charge is 0.480 e. The molecule has 19 heavy (non-hydrogen) atoms. The first-order valence-electron chi connectivity index (χ1n) is 6.79. The minimum atomic E-state index is -0.963. The van der Waals surface area contributed by atoms with Gasteiger partial charge in [-0.25, -0.2) is 4.79 Å². The zero-order chi connectivity index (χ0) is 13.9. The number of aliphatic carboxylic acids is 1. The fourth-order valence-corrected chi connectivity index (χ4v) is 2.86. The molecule has 3 nitrogen and oxygen atoms in total. The van der Waals surface area contributed by atoms with Crippen LogP contribution in [0.2, 0.25) is 5.02 Å². The van der Waals surface area contributed by atoms with Crippen LogP contribution in [-0.2, 0) is 10.3 Å². The van der Waals surface area contributed by atoms with Crippen LogP contribution < -0.4 is 0 Å². The van der Waals surface area contributed by atoms with Crippen molar-refractivity contribution in [3.63, 3.8) is 0 Å². The molecule has 0 amide bonds. The van der Waals surface area contributed by atoms with E-state index in [1.54, 1.807) is 19.1 Å². The molecule has 1 aliphatic heterocycles. The van der Waals surface area contributed by atoms with Crippen LogP contribution in [0.15, 0.2) is 24.3 Å². The van der Waals surface area contributed by atoms with E-state index >= 15 is 0 Å². The van der Waals surface area contributed by atoms with Crippen molar-refractivity contribution in [2.45, 2.75) is 38.1 Å². The summed E-state index contributed by atoms with van der Waals surface area (Å²) in [6.45, 7) is 3.47. The summed E-state index contributed by atoms with van der Waals surface area (Å²) < 4.78 is 0. The highest BCUT2D eigenvalue weighted by Crippen LogP contribution is 2.31. The second-order valence-electron chi connectivity index (χ2n) is 5.29. The Kier molecular flexibility index (Phi) is 4.48. The molecule has 1 fully saturated rings. The van der Waals surface area contributed by atoms with Gasteiger partial charge in [0.25, 0.3) is 0 Å². The average Bonchev–Trinajstić information content (AvgIpc) is 2.67. The lowest BCUT2D eigenvalue weighted by Gasteiger charge is -2.37. The van der Waals surface area contributed by atoms with Gasteiger partial charge in [-0.05, 0) is 50.6 Å². The molecule has 0 saturated carbocycles. The Balaban J connectivity index is 2.35. The number of hydrogen-bond donors (Lipinski definition) is 1. The molecule has 1 unspecified atom stereocenters. The minimum absolute atomic E-state index is 0.632. The summed E-state index contributed by atoms with van der Waals surface area (Å²) in [7, 11) is 0. The van der Waals surface area contributed by atoms with E-state index in [1.165, 1.54) is 12.8 Å². The Labute approximate surface area is 119 Å². The molecule has 1 heterocycles. The van der Waals surface area contributed by atoms with E-state index in [2.05, 4.69) is 4.90 Å². The summed E-state index contributed by atoms with van der Waals surface area (Å²) in [5.41, 5.74) is -0.166. The molecule has 4 heteroatoms. The molecule has 0 radical (unpaired) electrons. The van der Waals surface area contributed by atoms with Gasteiger partial charge in [-0.2, -0.15) is 0 Å². The molecule has 1 atom stereocenters. The normalized spacial score (nSPS) is 20.5. The van der Waals surface area contributed by atoms with Gasteiger partial charge in [-0.3, -0.25) is 4.90 Å². The lowest BCUT2D eigenvalue weighted by Crippen LogP contribution is -2.50. The van der Waals surface area contributed by atoms with Gasteiger partial charge in [-0.1, -0.05) is 36.6 Å². The van der Waals surface area contributed by atoms with E-state index in [0.29, 0.717) is 5.02 Å². The number of hydrogen-bond acceptors (Lipinski definition) is 2. The minimum Gasteiger partial charge on any atom is -0.480 e. The summed E-state index contributed by atoms with van der Waals surface area (Å²) in [6, 6.07) is 7.16. The third-order valence-electron chi connectivity index (χ3n) is 4.06. The third-order valence-corrected chi connectivity index (χ3v) is 4.31. The number of carboxylic acids is 1. The van der Waals surface area contributed by atoms with Gasteiger partial charge < -0.3 is 5.11 Å². The number of likely N-dealkylation sites (tertiary alicyclic amines) is 1. The second kappa shape index (κ2) is 5.93. The van der Waals surface area contributed by atoms with E-state index in [-0.39, 0.29) is 0 Å². The quantitative estimate of drug-likeness (QED) is 0.922. The van der Waals surface area contributed by atoms with E-state index in [4.69, 9.17) is 11.6 Å². The van der Waals surface area contributed by atoms with Crippen molar-refractivity contribution in [2.24, 2.45) is 0 Å². The number of rotatable bonds is 3. The first-order valence-corrected chi connectivity index (χ1v) is 7.17. The van der Waals surface area contributed by atoms with Crippen LogP contribution in [0.4, 0.5) is 0 Å². The summed E-state index contributed by atoms with van der Waals surface area (Å²) >= 11 is 5.89. The zero-order valence-corrected chi connectivity index (χ0v) is 12.0. The lowest BCUT2D eigenvalue weighted by molar-refractivity contribution is -0.151. The average molecular weight is 282 g/mol. The Morgan fingerprint density at radius 1 is 1.16 bits per heavy atom. The van der Waals surface area contributed by atoms with E-state index in [9.17, 15) is 9.90 Å². The molecule has 1 aromatic rings. The fourth-order valence-electron chi connectivity index (χ4n) is 2.73. The van der Waals surface area contributed by atoms with Crippen molar-refractivity contribution in [3.05, 3.63) is 34.9 Å². The molecule has 1 saturated heterocycles. The molecular formula is C15H20ClNO2. The zero-order valence-electron chi connectivity index (χ0n) is 11.2. The molecule has 1 aromatic carbocycles. The van der Waals surface area contributed by atoms with Crippen LogP contribution in [-0.4, -0.2) is 29.1 Å². The SMILES string of the molecule is CC(C(=O)O)(c1ccc(Cl)cc1)N1CCCCCC1. The number of halogens is 1. The van der Waals surface area contributed by atoms with Crippen molar-refractivity contribution >= 4 is 17.6 Å². The van der Waals surface area contributed by atoms with Gasteiger partial charge in [0.2, 0.25) is 0 Å². The number of carbonyl (C=O) groups is 1. The fraction of sp³-hybridized carbons (Fsp3) is 0.533. The van der Waals surface area contributed by atoms with Crippen molar-refractivity contribution in [3.8, 4) is 0 Å². The maximum Gasteiger partial charge on any atom is 0.328 e. The topological polar surface area (TPSA) is 40.5 Å². The molecule has 2 rings (SSSR count). The Morgan fingerprint density at radius 2 is 1.68 bits per heavy atom. The molecular weight excluding hydrogens is 262 g/mol. The van der Waals surface area contributed by atoms with Gasteiger partial charge in [-0.15, -0.1) is 0 Å². The van der Waals surface area contributed by atoms with Gasteiger partial charge >= 0.3 is 5.97 Å². The van der Waals surface area contributed by atoms with Crippen molar-refractivity contribution in [1.82, 2.24) is 4.90 Å². The van der Waals surface area contributed by atoms with Crippen molar-refractivity contribution in [2.75, 3.05) is 13.1 Å². The molecule has 0 bridgehead atoms. The number of benzene rings is 1. The molecule has 1 aliphatic rings. The van der Waals surface area contributed by atoms with Gasteiger partial charge in [0.15, 0.2) is 0 Å². The van der Waals surface area contributed by atoms with Crippen molar-refractivity contribution in [1.29, 1.82) is 0 Å². The Hall–Kier alpha value is -1.06. The van der Waals surface area contributed by atoms with Crippen LogP contribution in [0, 0.1) is 0 Å². The van der Waals surface area contributed by atoms with E-state index in [1.807, 2.05) is 12.1 Å². The van der Waals surface area contributed by atoms with E-state index < -0.39 is 11.5 Å². The third kappa shape index (κ3) is 2.93. The first-order chi connectivity index (χ1) is 9.05. The van der Waals surface area contributed by atoms with Crippen LogP contribution >= 0.6 is 11.6 Å². The van der Waals surface area contributed by atoms with Crippen molar-refractivity contribution < 1.29 is 9.90 Å². The Bertz CT molecular complexity index is 438. The standard InChI is InChI=1S/C15H20ClNO2/c1-15(14(18)19,12-6-8-13(16)9-7-12)17-10-4-2-3-5-11-17/h6-9H,2-5,10-11H2,1H3,(H,18,19). The summed E-state index contributed by atoms with van der Waals surface area (Å²) in [5.74, 6) is -0.795. The molecule has 1 N–H and O–H groups in total. The summed E-state index contributed by atoms with van der Waals surface area (Å²) in [6.07, 6.45) is 4.51. The molecule has 104 valence electrons. The maximum absolute atomic E-state index is 11.8. The predicted molar refractivity (Wildman–Crippen MR) is 76.5 cm³/mol. The van der Waals surface area contributed by atoms with Crippen LogP contribution in [0.3, 0.4) is 0 Å². The van der Waals surface area contributed by atoms with Crippen LogP contribution in [0.5, 0.6) is 0 Å². The summed E-state index contributed by atoms with van der Waals surface area (Å²) in [5, 5.41) is 10.4. The smallest absolute Gasteiger partial charge is 0.328 e. The maximum atomic E-state index is 11.8. The molecule has 0 aromatic heterocycles. The molecule has 0 spiro atoms. The van der Waals surface area contributed by atoms with Gasteiger partial charge in [0.1, 0.15) is 5.54 Å². The highest BCUT2D eigenvalue weighted by Gasteiger charge is 2.41. The molecule has 0 aliphatic carbocycles. The predicted octanol–water partition coefficient (Wildman–Crippen LogP) is 3.52. The highest BCUT2D eigenvalue weighted by atomic mass is 35.5.